The van der Waals surface area contributed by atoms with Crippen LogP contribution in [-0.2, 0) is 24.4 Å². The van der Waals surface area contributed by atoms with Gasteiger partial charge in [-0.15, -0.1) is 0 Å². The van der Waals surface area contributed by atoms with E-state index in [1.165, 1.54) is 6.07 Å². The van der Waals surface area contributed by atoms with E-state index in [1.807, 2.05) is 43.3 Å². The Balaban J connectivity index is 1.10. The van der Waals surface area contributed by atoms with Crippen LogP contribution in [0.4, 0.5) is 14.5 Å². The van der Waals surface area contributed by atoms with Crippen molar-refractivity contribution in [1.82, 2.24) is 15.5 Å². The largest absolute Gasteiger partial charge is 0.493 e. The van der Waals surface area contributed by atoms with Crippen LogP contribution in [0.5, 0.6) is 17.2 Å². The minimum absolute atomic E-state index is 0.0270. The average Bonchev–Trinajstić information content (AvgIpc) is 3.54. The lowest BCUT2D eigenvalue weighted by molar-refractivity contribution is -0.122. The van der Waals surface area contributed by atoms with Gasteiger partial charge < -0.3 is 29.7 Å². The van der Waals surface area contributed by atoms with Gasteiger partial charge in [0.05, 0.1) is 24.3 Å². The number of alkyl halides is 2. The second-order valence-corrected chi connectivity index (χ2v) is 15.4. The number of rotatable bonds is 14. The van der Waals surface area contributed by atoms with Crippen molar-refractivity contribution in [2.24, 2.45) is 0 Å². The summed E-state index contributed by atoms with van der Waals surface area (Å²) in [5.74, 6) is 1.52. The van der Waals surface area contributed by atoms with Gasteiger partial charge in [0.1, 0.15) is 36.2 Å². The lowest BCUT2D eigenvalue weighted by Gasteiger charge is -2.28. The Morgan fingerprint density at radius 3 is 2.60 bits per heavy atom. The number of ether oxygens (including phenoxy) is 3. The minimum Gasteiger partial charge on any atom is -0.493 e. The first-order chi connectivity index (χ1) is 27.7. The smallest absolute Gasteiger partial charge is 0.220 e. The van der Waals surface area contributed by atoms with Crippen LogP contribution in [-0.4, -0.2) is 62.0 Å². The van der Waals surface area contributed by atoms with Crippen molar-refractivity contribution in [3.8, 4) is 34.4 Å². The molecule has 1 aliphatic carbocycles. The zero-order chi connectivity index (χ0) is 39.9. The first-order valence-corrected chi connectivity index (χ1v) is 20.0. The summed E-state index contributed by atoms with van der Waals surface area (Å²) in [6.07, 6.45) is 0.376. The summed E-state index contributed by atoms with van der Waals surface area (Å²) in [7, 11) is 0. The van der Waals surface area contributed by atoms with Gasteiger partial charge in [-0.3, -0.25) is 4.79 Å². The molecule has 57 heavy (non-hydrogen) atoms. The van der Waals surface area contributed by atoms with Crippen molar-refractivity contribution < 1.29 is 27.8 Å². The average molecular weight is 794 g/mol. The number of amides is 1. The fourth-order valence-corrected chi connectivity index (χ4v) is 8.16. The lowest BCUT2D eigenvalue weighted by atomic mass is 9.93. The Morgan fingerprint density at radius 2 is 1.82 bits per heavy atom. The van der Waals surface area contributed by atoms with Crippen LogP contribution in [0.3, 0.4) is 0 Å². The monoisotopic (exact) mass is 793 g/mol. The molecule has 3 atom stereocenters. The van der Waals surface area contributed by atoms with Gasteiger partial charge >= 0.3 is 0 Å². The molecule has 2 N–H and O–H groups in total. The maximum atomic E-state index is 16.2. The van der Waals surface area contributed by atoms with Gasteiger partial charge in [-0.1, -0.05) is 41.9 Å². The van der Waals surface area contributed by atoms with Crippen molar-refractivity contribution in [2.75, 3.05) is 32.8 Å². The third kappa shape index (κ3) is 9.68. The Labute approximate surface area is 337 Å². The molecule has 3 aliphatic rings. The molecule has 1 amide bonds. The number of hydrogen-bond acceptors (Lipinski definition) is 7. The van der Waals surface area contributed by atoms with E-state index in [0.717, 1.165) is 65.2 Å². The lowest BCUT2D eigenvalue weighted by Crippen LogP contribution is -2.45. The predicted octanol–water partition coefficient (Wildman–Crippen LogP) is 8.90. The Kier molecular flexibility index (Phi) is 12.9. The van der Waals surface area contributed by atoms with Gasteiger partial charge in [0.15, 0.2) is 11.8 Å². The SMILES string of the molecule is [C-]#[N+]c1cc(C#N)cc(COc2cc(O[C@@H]3c4cccc(-c5cccc(OCCCN6CCC(F)CC6)c5C)c4C[C@@H]3F)c(Cl)cc2CN[C@H]2CCC(=O)NC2)c1. The van der Waals surface area contributed by atoms with Crippen molar-refractivity contribution in [3.05, 3.63) is 117 Å². The van der Waals surface area contributed by atoms with Crippen molar-refractivity contribution in [1.29, 1.82) is 5.26 Å². The van der Waals surface area contributed by atoms with Crippen LogP contribution < -0.4 is 24.8 Å². The summed E-state index contributed by atoms with van der Waals surface area (Å²) in [4.78, 5) is 17.5. The number of nitrogens with one attached hydrogen (secondary N) is 2. The zero-order valence-electron chi connectivity index (χ0n) is 32.0. The van der Waals surface area contributed by atoms with Crippen LogP contribution in [0.1, 0.15) is 71.6 Å². The van der Waals surface area contributed by atoms with E-state index in [1.54, 1.807) is 24.3 Å². The number of halogens is 3. The standard InChI is InChI=1S/C45H46ClF2N5O4/c1-28-35(6-4-9-41(28)55-17-5-14-53-15-12-32(47)13-16-53)36-7-3-8-37-38(36)22-40(48)45(37)57-43-23-42(56-27-30-18-29(24-49)19-34(20-30)50-2)31(21-39(43)46)25-51-33-10-11-44(54)52-26-33/h3-4,6-9,18-21,23,32-33,40,45,51H,5,10-17,22,25-27H2,1H3,(H,52,54)/t33-,40-,45+/m0/s1. The molecule has 0 unspecified atom stereocenters. The van der Waals surface area contributed by atoms with E-state index < -0.39 is 18.4 Å². The molecule has 296 valence electrons. The number of piperidine rings is 2. The second-order valence-electron chi connectivity index (χ2n) is 15.0. The Hall–Kier alpha value is -5.20. The topological polar surface area (TPSA) is 100 Å². The quantitative estimate of drug-likeness (QED) is 0.0972. The molecule has 2 heterocycles. The number of hydrogen-bond donors (Lipinski definition) is 2. The van der Waals surface area contributed by atoms with E-state index in [9.17, 15) is 14.4 Å². The third-order valence-corrected chi connectivity index (χ3v) is 11.4. The summed E-state index contributed by atoms with van der Waals surface area (Å²) in [6, 6.07) is 22.2. The van der Waals surface area contributed by atoms with E-state index >= 15 is 4.39 Å². The molecule has 4 aromatic rings. The first-order valence-electron chi connectivity index (χ1n) is 19.6. The maximum absolute atomic E-state index is 16.2. The summed E-state index contributed by atoms with van der Waals surface area (Å²) in [5.41, 5.74) is 6.53. The van der Waals surface area contributed by atoms with Gasteiger partial charge in [0.25, 0.3) is 0 Å². The van der Waals surface area contributed by atoms with Crippen LogP contribution in [0.15, 0.2) is 66.7 Å². The second kappa shape index (κ2) is 18.4. The molecule has 0 saturated carbocycles. The van der Waals surface area contributed by atoms with E-state index in [2.05, 4.69) is 26.4 Å². The molecule has 4 aromatic carbocycles. The van der Waals surface area contributed by atoms with Crippen LogP contribution in [0.2, 0.25) is 5.02 Å². The van der Waals surface area contributed by atoms with Crippen LogP contribution in [0.25, 0.3) is 16.0 Å². The number of nitriles is 1. The number of nitrogens with zero attached hydrogens (tertiary/aromatic N) is 3. The zero-order valence-corrected chi connectivity index (χ0v) is 32.7. The normalized spacial score (nSPS) is 19.6. The van der Waals surface area contributed by atoms with Gasteiger partial charge in [0.2, 0.25) is 5.91 Å². The molecule has 0 spiro atoms. The molecule has 2 aliphatic heterocycles. The summed E-state index contributed by atoms with van der Waals surface area (Å²) >= 11 is 6.87. The van der Waals surface area contributed by atoms with E-state index in [4.69, 9.17) is 32.4 Å². The Bertz CT molecular complexity index is 2140. The number of carbonyl (C=O) groups is 1. The van der Waals surface area contributed by atoms with Gasteiger partial charge in [-0.05, 0) is 96.3 Å². The van der Waals surface area contributed by atoms with Crippen LogP contribution in [0, 0.1) is 24.8 Å². The number of fused-ring (bicyclic) bond motifs is 1. The van der Waals surface area contributed by atoms with Crippen LogP contribution >= 0.6 is 11.6 Å². The fraction of sp³-hybridized carbons (Fsp3) is 0.400. The highest BCUT2D eigenvalue weighted by Gasteiger charge is 2.37. The number of likely N-dealkylation sites (tertiary alicyclic amines) is 1. The summed E-state index contributed by atoms with van der Waals surface area (Å²) < 4.78 is 48.7. The molecular weight excluding hydrogens is 748 g/mol. The first kappa shape index (κ1) is 40.0. The highest BCUT2D eigenvalue weighted by molar-refractivity contribution is 6.32. The highest BCUT2D eigenvalue weighted by atomic mass is 35.5. The summed E-state index contributed by atoms with van der Waals surface area (Å²) in [5, 5.41) is 16.2. The van der Waals surface area contributed by atoms with Crippen molar-refractivity contribution in [2.45, 2.75) is 83.1 Å². The fourth-order valence-electron chi connectivity index (χ4n) is 7.93. The van der Waals surface area contributed by atoms with E-state index in [0.29, 0.717) is 73.0 Å². The molecule has 0 aromatic heterocycles. The molecule has 0 radical (unpaired) electrons. The molecule has 0 bridgehead atoms. The highest BCUT2D eigenvalue weighted by Crippen LogP contribution is 2.45. The molecule has 12 heteroatoms. The number of benzene rings is 4. The molecule has 2 fully saturated rings. The van der Waals surface area contributed by atoms with Crippen molar-refractivity contribution in [3.63, 3.8) is 0 Å². The van der Waals surface area contributed by atoms with Gasteiger partial charge in [-0.2, -0.15) is 5.26 Å². The minimum atomic E-state index is -1.34. The van der Waals surface area contributed by atoms with Gasteiger partial charge in [0, 0.05) is 68.8 Å². The van der Waals surface area contributed by atoms with Gasteiger partial charge in [-0.25, -0.2) is 13.6 Å². The number of carbonyl (C=O) groups excluding carboxylic acids is 1. The molecule has 9 nitrogen and oxygen atoms in total. The van der Waals surface area contributed by atoms with Crippen molar-refractivity contribution >= 4 is 23.2 Å². The Morgan fingerprint density at radius 1 is 1.02 bits per heavy atom. The predicted molar refractivity (Wildman–Crippen MR) is 215 cm³/mol. The third-order valence-electron chi connectivity index (χ3n) is 11.1. The maximum Gasteiger partial charge on any atom is 0.220 e. The molecular formula is C45H46ClF2N5O4. The molecule has 7 rings (SSSR count). The molecule has 2 saturated heterocycles. The van der Waals surface area contributed by atoms with E-state index in [-0.39, 0.29) is 30.7 Å². The summed E-state index contributed by atoms with van der Waals surface area (Å²) in [6.45, 7) is 13.4.